The molecule has 3 aliphatic heterocycles. The molecule has 2 saturated heterocycles. The average Bonchev–Trinajstić information content (AvgIpc) is 3.09. The standard InChI is InChI=1S/C25H25Cl2N3O3/c26-19-9-15(10-20(27)12-19)13-29-7-5-16(6-8-29)17-1-2-21-18(11-17)14-30(25(21)33)22-3-4-23(31)28-24(22)32/h1-2,9-12,16,22H,3-8,13-14H2,(H,28,31,32). The Bertz CT molecular complexity index is 1110. The number of likely N-dealkylation sites (tertiary alicyclic amines) is 1. The van der Waals surface area contributed by atoms with E-state index in [9.17, 15) is 14.4 Å². The summed E-state index contributed by atoms with van der Waals surface area (Å²) in [6.45, 7) is 3.20. The van der Waals surface area contributed by atoms with Crippen molar-refractivity contribution in [2.24, 2.45) is 0 Å². The topological polar surface area (TPSA) is 69.7 Å². The fourth-order valence-corrected chi connectivity index (χ4v) is 5.80. The van der Waals surface area contributed by atoms with Gasteiger partial charge in [0.2, 0.25) is 11.8 Å². The number of hydrogen-bond donors (Lipinski definition) is 1. The minimum Gasteiger partial charge on any atom is -0.322 e. The molecule has 6 nitrogen and oxygen atoms in total. The molecule has 2 aromatic rings. The van der Waals surface area contributed by atoms with Crippen molar-refractivity contribution in [2.45, 2.75) is 50.7 Å². The number of imide groups is 1. The van der Waals surface area contributed by atoms with Crippen LogP contribution in [0.3, 0.4) is 0 Å². The van der Waals surface area contributed by atoms with Gasteiger partial charge >= 0.3 is 0 Å². The summed E-state index contributed by atoms with van der Waals surface area (Å²) in [6, 6.07) is 11.2. The summed E-state index contributed by atoms with van der Waals surface area (Å²) in [5.74, 6) is -0.330. The van der Waals surface area contributed by atoms with Crippen LogP contribution in [0.25, 0.3) is 0 Å². The number of carbonyl (C=O) groups excluding carboxylic acids is 3. The van der Waals surface area contributed by atoms with Crippen molar-refractivity contribution < 1.29 is 14.4 Å². The van der Waals surface area contributed by atoms with Crippen LogP contribution in [0, 0.1) is 0 Å². The predicted molar refractivity (Wildman–Crippen MR) is 126 cm³/mol. The number of nitrogens with zero attached hydrogens (tertiary/aromatic N) is 2. The monoisotopic (exact) mass is 485 g/mol. The first-order valence-electron chi connectivity index (χ1n) is 11.3. The molecule has 3 heterocycles. The van der Waals surface area contributed by atoms with Gasteiger partial charge in [-0.3, -0.25) is 24.6 Å². The molecule has 3 amide bonds. The SMILES string of the molecule is O=C1CCC(N2Cc3cc(C4CCN(Cc5cc(Cl)cc(Cl)c5)CC4)ccc3C2=O)C(=O)N1. The largest absolute Gasteiger partial charge is 0.322 e. The second kappa shape index (κ2) is 9.09. The van der Waals surface area contributed by atoms with Crippen LogP contribution >= 0.6 is 23.2 Å². The highest BCUT2D eigenvalue weighted by molar-refractivity contribution is 6.34. The third-order valence-corrected chi connectivity index (χ3v) is 7.37. The minimum absolute atomic E-state index is 0.124. The van der Waals surface area contributed by atoms with Crippen LogP contribution in [0.2, 0.25) is 10.0 Å². The van der Waals surface area contributed by atoms with Gasteiger partial charge in [-0.15, -0.1) is 0 Å². The number of benzene rings is 2. The first kappa shape index (κ1) is 22.4. The van der Waals surface area contributed by atoms with Gasteiger partial charge in [0.15, 0.2) is 0 Å². The van der Waals surface area contributed by atoms with Crippen molar-refractivity contribution in [3.63, 3.8) is 0 Å². The van der Waals surface area contributed by atoms with Crippen LogP contribution in [-0.4, -0.2) is 46.7 Å². The lowest BCUT2D eigenvalue weighted by Crippen LogP contribution is -2.52. The van der Waals surface area contributed by atoms with Crippen molar-refractivity contribution in [3.8, 4) is 0 Å². The van der Waals surface area contributed by atoms with Crippen molar-refractivity contribution >= 4 is 40.9 Å². The first-order chi connectivity index (χ1) is 15.9. The molecule has 0 spiro atoms. The van der Waals surface area contributed by atoms with Gasteiger partial charge < -0.3 is 4.90 Å². The quantitative estimate of drug-likeness (QED) is 0.660. The maximum absolute atomic E-state index is 12.9. The number of halogens is 2. The van der Waals surface area contributed by atoms with Crippen molar-refractivity contribution in [3.05, 3.63) is 68.7 Å². The maximum Gasteiger partial charge on any atom is 0.255 e. The minimum atomic E-state index is -0.575. The van der Waals surface area contributed by atoms with Crippen LogP contribution in [-0.2, 0) is 22.7 Å². The summed E-state index contributed by atoms with van der Waals surface area (Å²) < 4.78 is 0. The van der Waals surface area contributed by atoms with Crippen LogP contribution in [0.1, 0.15) is 58.6 Å². The summed E-state index contributed by atoms with van der Waals surface area (Å²) in [7, 11) is 0. The Labute approximate surface area is 202 Å². The molecule has 172 valence electrons. The van der Waals surface area contributed by atoms with E-state index in [1.165, 1.54) is 5.56 Å². The van der Waals surface area contributed by atoms with E-state index in [1.54, 1.807) is 11.0 Å². The molecule has 1 atom stereocenters. The van der Waals surface area contributed by atoms with Gasteiger partial charge in [0.1, 0.15) is 6.04 Å². The Balaban J connectivity index is 1.23. The van der Waals surface area contributed by atoms with E-state index in [-0.39, 0.29) is 24.1 Å². The Morgan fingerprint density at radius 2 is 1.67 bits per heavy atom. The Morgan fingerprint density at radius 3 is 2.36 bits per heavy atom. The second-order valence-electron chi connectivity index (χ2n) is 9.14. The molecule has 3 aliphatic rings. The molecule has 2 aromatic carbocycles. The smallest absolute Gasteiger partial charge is 0.255 e. The zero-order chi connectivity index (χ0) is 23.1. The van der Waals surface area contributed by atoms with Crippen LogP contribution < -0.4 is 5.32 Å². The Kier molecular flexibility index (Phi) is 6.16. The van der Waals surface area contributed by atoms with Gasteiger partial charge in [-0.1, -0.05) is 35.3 Å². The molecule has 33 heavy (non-hydrogen) atoms. The molecule has 0 aliphatic carbocycles. The Hall–Kier alpha value is -2.41. The zero-order valence-electron chi connectivity index (χ0n) is 18.2. The summed E-state index contributed by atoms with van der Waals surface area (Å²) >= 11 is 12.3. The highest BCUT2D eigenvalue weighted by Gasteiger charge is 2.39. The fraction of sp³-hybridized carbons (Fsp3) is 0.400. The summed E-state index contributed by atoms with van der Waals surface area (Å²) in [5, 5.41) is 3.67. The van der Waals surface area contributed by atoms with E-state index in [0.29, 0.717) is 34.5 Å². The lowest BCUT2D eigenvalue weighted by molar-refractivity contribution is -0.136. The van der Waals surface area contributed by atoms with Crippen LogP contribution in [0.5, 0.6) is 0 Å². The van der Waals surface area contributed by atoms with Gasteiger partial charge in [-0.25, -0.2) is 0 Å². The lowest BCUT2D eigenvalue weighted by Gasteiger charge is -2.32. The highest BCUT2D eigenvalue weighted by atomic mass is 35.5. The van der Waals surface area contributed by atoms with E-state index in [1.807, 2.05) is 18.2 Å². The lowest BCUT2D eigenvalue weighted by atomic mass is 9.87. The molecule has 1 N–H and O–H groups in total. The van der Waals surface area contributed by atoms with Gasteiger partial charge in [0.25, 0.3) is 5.91 Å². The van der Waals surface area contributed by atoms with Crippen LogP contribution in [0.15, 0.2) is 36.4 Å². The zero-order valence-corrected chi connectivity index (χ0v) is 19.7. The molecule has 0 saturated carbocycles. The molecule has 0 radical (unpaired) electrons. The number of fused-ring (bicyclic) bond motifs is 1. The summed E-state index contributed by atoms with van der Waals surface area (Å²) in [6.07, 6.45) is 2.73. The average molecular weight is 486 g/mol. The highest BCUT2D eigenvalue weighted by Crippen LogP contribution is 2.34. The number of nitrogens with one attached hydrogen (secondary N) is 1. The van der Waals surface area contributed by atoms with E-state index in [2.05, 4.69) is 22.3 Å². The van der Waals surface area contributed by atoms with E-state index < -0.39 is 6.04 Å². The second-order valence-corrected chi connectivity index (χ2v) is 10.0. The number of amides is 3. The molecule has 8 heteroatoms. The van der Waals surface area contributed by atoms with E-state index >= 15 is 0 Å². The third-order valence-electron chi connectivity index (χ3n) is 6.94. The molecule has 0 bridgehead atoms. The van der Waals surface area contributed by atoms with E-state index in [0.717, 1.165) is 43.6 Å². The number of piperidine rings is 2. The fourth-order valence-electron chi connectivity index (χ4n) is 5.23. The number of hydrogen-bond acceptors (Lipinski definition) is 4. The van der Waals surface area contributed by atoms with Crippen LogP contribution in [0.4, 0.5) is 0 Å². The summed E-state index contributed by atoms with van der Waals surface area (Å²) in [5.41, 5.74) is 4.00. The Morgan fingerprint density at radius 1 is 0.939 bits per heavy atom. The summed E-state index contributed by atoms with van der Waals surface area (Å²) in [4.78, 5) is 40.6. The van der Waals surface area contributed by atoms with Gasteiger partial charge in [0.05, 0.1) is 0 Å². The van der Waals surface area contributed by atoms with Gasteiger partial charge in [-0.05, 0) is 79.2 Å². The van der Waals surface area contributed by atoms with Crippen molar-refractivity contribution in [1.29, 1.82) is 0 Å². The van der Waals surface area contributed by atoms with Crippen molar-refractivity contribution in [1.82, 2.24) is 15.1 Å². The molecular weight excluding hydrogens is 461 g/mol. The van der Waals surface area contributed by atoms with E-state index in [4.69, 9.17) is 23.2 Å². The number of carbonyl (C=O) groups is 3. The molecular formula is C25H25Cl2N3O3. The molecule has 0 aromatic heterocycles. The third kappa shape index (κ3) is 4.65. The first-order valence-corrected chi connectivity index (χ1v) is 12.1. The normalized spacial score (nSPS) is 21.9. The van der Waals surface area contributed by atoms with Gasteiger partial charge in [-0.2, -0.15) is 0 Å². The molecule has 5 rings (SSSR count). The number of rotatable bonds is 4. The molecule has 2 fully saturated rings. The van der Waals surface area contributed by atoms with Gasteiger partial charge in [0, 0.05) is 35.1 Å². The predicted octanol–water partition coefficient (Wildman–Crippen LogP) is 4.13. The maximum atomic E-state index is 12.9. The molecule has 1 unspecified atom stereocenters. The van der Waals surface area contributed by atoms with Crippen molar-refractivity contribution in [2.75, 3.05) is 13.1 Å².